The number of benzene rings is 1. The summed E-state index contributed by atoms with van der Waals surface area (Å²) >= 11 is 0. The predicted molar refractivity (Wildman–Crippen MR) is 91.8 cm³/mol. The van der Waals surface area contributed by atoms with Crippen LogP contribution in [0.25, 0.3) is 5.57 Å². The van der Waals surface area contributed by atoms with Crippen LogP contribution < -0.4 is 5.32 Å². The average molecular weight is 333 g/mol. The summed E-state index contributed by atoms with van der Waals surface area (Å²) in [6.07, 6.45) is 1.59. The molecule has 5 nitrogen and oxygen atoms in total. The first kappa shape index (κ1) is 18.1. The second kappa shape index (κ2) is 8.59. The highest BCUT2D eigenvalue weighted by atomic mass is 19.1. The quantitative estimate of drug-likeness (QED) is 0.831. The van der Waals surface area contributed by atoms with Crippen LogP contribution in [0.15, 0.2) is 30.3 Å². The van der Waals surface area contributed by atoms with Crippen LogP contribution in [0.4, 0.5) is 4.39 Å². The number of amides is 2. The number of nitrogens with zero attached hydrogens (tertiary/aromatic N) is 2. The summed E-state index contributed by atoms with van der Waals surface area (Å²) in [4.78, 5) is 27.8. The number of carbonyl (C=O) groups excluding carboxylic acids is 2. The summed E-state index contributed by atoms with van der Waals surface area (Å²) in [6, 6.07) is 6.10. The Bertz CT molecular complexity index is 605. The Morgan fingerprint density at radius 2 is 1.79 bits per heavy atom. The van der Waals surface area contributed by atoms with E-state index in [4.69, 9.17) is 0 Å². The smallest absolute Gasteiger partial charge is 0.246 e. The fraction of sp³-hybridized carbons (Fsp3) is 0.444. The van der Waals surface area contributed by atoms with E-state index >= 15 is 0 Å². The molecule has 0 atom stereocenters. The molecule has 24 heavy (non-hydrogen) atoms. The number of carbonyl (C=O) groups is 2. The van der Waals surface area contributed by atoms with E-state index in [1.807, 2.05) is 18.7 Å². The largest absolute Gasteiger partial charge is 0.355 e. The van der Waals surface area contributed by atoms with Crippen molar-refractivity contribution in [1.29, 1.82) is 0 Å². The molecule has 6 heteroatoms. The molecule has 2 amide bonds. The maximum Gasteiger partial charge on any atom is 0.246 e. The van der Waals surface area contributed by atoms with E-state index < -0.39 is 0 Å². The second-order valence-corrected chi connectivity index (χ2v) is 5.89. The van der Waals surface area contributed by atoms with Crippen molar-refractivity contribution >= 4 is 17.4 Å². The average Bonchev–Trinajstić information content (AvgIpc) is 2.56. The summed E-state index contributed by atoms with van der Waals surface area (Å²) in [5.41, 5.74) is 1.64. The standard InChI is InChI=1S/C18H24FN3O2/c1-3-20-17(23)13-21-8-10-22(11-9-21)18(24)12-14(2)15-4-6-16(19)7-5-15/h4-7,12H,3,8-11,13H2,1-2H3,(H,20,23)/b14-12+. The van der Waals surface area contributed by atoms with Crippen LogP contribution in [0.2, 0.25) is 0 Å². The van der Waals surface area contributed by atoms with Crippen LogP contribution in [0.3, 0.4) is 0 Å². The van der Waals surface area contributed by atoms with Crippen LogP contribution in [0.5, 0.6) is 0 Å². The first-order valence-electron chi connectivity index (χ1n) is 8.21. The van der Waals surface area contributed by atoms with Crippen molar-refractivity contribution in [1.82, 2.24) is 15.1 Å². The van der Waals surface area contributed by atoms with Gasteiger partial charge in [-0.25, -0.2) is 4.39 Å². The molecule has 1 N–H and O–H groups in total. The molecule has 0 saturated carbocycles. The number of hydrogen-bond donors (Lipinski definition) is 1. The molecular formula is C18H24FN3O2. The third-order valence-corrected chi connectivity index (χ3v) is 4.06. The van der Waals surface area contributed by atoms with Gasteiger partial charge in [-0.3, -0.25) is 14.5 Å². The summed E-state index contributed by atoms with van der Waals surface area (Å²) in [6.45, 7) is 7.32. The van der Waals surface area contributed by atoms with Crippen LogP contribution in [0, 0.1) is 5.82 Å². The van der Waals surface area contributed by atoms with E-state index in [-0.39, 0.29) is 17.6 Å². The molecule has 0 bridgehead atoms. The number of hydrogen-bond acceptors (Lipinski definition) is 3. The highest BCUT2D eigenvalue weighted by Gasteiger charge is 2.21. The first-order valence-corrected chi connectivity index (χ1v) is 8.21. The van der Waals surface area contributed by atoms with Crippen molar-refractivity contribution < 1.29 is 14.0 Å². The van der Waals surface area contributed by atoms with Gasteiger partial charge in [0.2, 0.25) is 11.8 Å². The highest BCUT2D eigenvalue weighted by molar-refractivity contribution is 5.95. The lowest BCUT2D eigenvalue weighted by atomic mass is 10.1. The summed E-state index contributed by atoms with van der Waals surface area (Å²) in [7, 11) is 0. The van der Waals surface area contributed by atoms with Crippen molar-refractivity contribution in [3.63, 3.8) is 0 Å². The summed E-state index contributed by atoms with van der Waals surface area (Å²) < 4.78 is 13.0. The maximum absolute atomic E-state index is 13.0. The molecular weight excluding hydrogens is 309 g/mol. The van der Waals surface area contributed by atoms with Gasteiger partial charge in [-0.2, -0.15) is 0 Å². The Hall–Kier alpha value is -2.21. The minimum atomic E-state index is -0.291. The minimum Gasteiger partial charge on any atom is -0.355 e. The number of allylic oxidation sites excluding steroid dienone is 1. The molecule has 0 radical (unpaired) electrons. The topological polar surface area (TPSA) is 52.7 Å². The van der Waals surface area contributed by atoms with Crippen molar-refractivity contribution in [2.24, 2.45) is 0 Å². The Morgan fingerprint density at radius 1 is 1.17 bits per heavy atom. The fourth-order valence-electron chi connectivity index (χ4n) is 2.66. The van der Waals surface area contributed by atoms with Crippen molar-refractivity contribution in [3.8, 4) is 0 Å². The number of rotatable bonds is 5. The molecule has 0 aliphatic carbocycles. The molecule has 1 aliphatic rings. The Balaban J connectivity index is 1.87. The summed E-state index contributed by atoms with van der Waals surface area (Å²) in [5, 5.41) is 2.78. The molecule has 0 spiro atoms. The molecule has 1 aromatic rings. The number of piperazine rings is 1. The lowest BCUT2D eigenvalue weighted by molar-refractivity contribution is -0.128. The Morgan fingerprint density at radius 3 is 2.38 bits per heavy atom. The molecule has 1 fully saturated rings. The molecule has 0 aromatic heterocycles. The van der Waals surface area contributed by atoms with Gasteiger partial charge in [0.15, 0.2) is 0 Å². The van der Waals surface area contributed by atoms with Gasteiger partial charge in [0, 0.05) is 38.8 Å². The van der Waals surface area contributed by atoms with E-state index in [0.29, 0.717) is 39.3 Å². The van der Waals surface area contributed by atoms with Gasteiger partial charge in [-0.1, -0.05) is 12.1 Å². The van der Waals surface area contributed by atoms with E-state index in [1.54, 1.807) is 23.1 Å². The third-order valence-electron chi connectivity index (χ3n) is 4.06. The van der Waals surface area contributed by atoms with Crippen LogP contribution in [-0.4, -0.2) is 60.9 Å². The molecule has 1 heterocycles. The van der Waals surface area contributed by atoms with Gasteiger partial charge in [-0.15, -0.1) is 0 Å². The zero-order chi connectivity index (χ0) is 17.5. The summed E-state index contributed by atoms with van der Waals surface area (Å²) in [5.74, 6) is -0.320. The van der Waals surface area contributed by atoms with E-state index in [0.717, 1.165) is 11.1 Å². The van der Waals surface area contributed by atoms with Gasteiger partial charge in [0.05, 0.1) is 6.54 Å². The minimum absolute atomic E-state index is 0.0179. The zero-order valence-corrected chi connectivity index (χ0v) is 14.2. The normalized spacial score (nSPS) is 16.1. The van der Waals surface area contributed by atoms with Gasteiger partial charge in [0.25, 0.3) is 0 Å². The second-order valence-electron chi connectivity index (χ2n) is 5.89. The van der Waals surface area contributed by atoms with E-state index in [9.17, 15) is 14.0 Å². The van der Waals surface area contributed by atoms with Crippen molar-refractivity contribution in [2.45, 2.75) is 13.8 Å². The third kappa shape index (κ3) is 5.16. The van der Waals surface area contributed by atoms with Crippen LogP contribution >= 0.6 is 0 Å². The van der Waals surface area contributed by atoms with E-state index in [1.165, 1.54) is 12.1 Å². The van der Waals surface area contributed by atoms with Crippen molar-refractivity contribution in [3.05, 3.63) is 41.7 Å². The fourth-order valence-corrected chi connectivity index (χ4v) is 2.66. The zero-order valence-electron chi connectivity index (χ0n) is 14.2. The lowest BCUT2D eigenvalue weighted by Gasteiger charge is -2.33. The SMILES string of the molecule is CCNC(=O)CN1CCN(C(=O)/C=C(\C)c2ccc(F)cc2)CC1. The number of halogens is 1. The van der Waals surface area contributed by atoms with Gasteiger partial charge in [0.1, 0.15) is 5.82 Å². The Kier molecular flexibility index (Phi) is 6.49. The maximum atomic E-state index is 13.0. The van der Waals surface area contributed by atoms with Crippen molar-refractivity contribution in [2.75, 3.05) is 39.3 Å². The van der Waals surface area contributed by atoms with Gasteiger partial charge >= 0.3 is 0 Å². The first-order chi connectivity index (χ1) is 11.5. The molecule has 1 aromatic carbocycles. The molecule has 0 unspecified atom stereocenters. The molecule has 1 saturated heterocycles. The predicted octanol–water partition coefficient (Wildman–Crippen LogP) is 1.51. The van der Waals surface area contributed by atoms with Gasteiger partial charge in [-0.05, 0) is 37.1 Å². The molecule has 2 rings (SSSR count). The highest BCUT2D eigenvalue weighted by Crippen LogP contribution is 2.15. The number of likely N-dealkylation sites (N-methyl/N-ethyl adjacent to an activating group) is 1. The molecule has 130 valence electrons. The Labute approximate surface area is 142 Å². The van der Waals surface area contributed by atoms with Gasteiger partial charge < -0.3 is 10.2 Å². The van der Waals surface area contributed by atoms with E-state index in [2.05, 4.69) is 5.32 Å². The monoisotopic (exact) mass is 333 g/mol. The van der Waals surface area contributed by atoms with Crippen LogP contribution in [-0.2, 0) is 9.59 Å². The number of nitrogens with one attached hydrogen (secondary N) is 1. The van der Waals surface area contributed by atoms with Crippen LogP contribution in [0.1, 0.15) is 19.4 Å². The molecule has 1 aliphatic heterocycles. The lowest BCUT2D eigenvalue weighted by Crippen LogP contribution is -2.50.